The Morgan fingerprint density at radius 2 is 2.18 bits per heavy atom. The summed E-state index contributed by atoms with van der Waals surface area (Å²) < 4.78 is 14.4. The molecular weight excluding hydrogens is 281 g/mol. The number of hydrogen-bond acceptors (Lipinski definition) is 1. The Kier molecular flexibility index (Phi) is 6.75. The highest BCUT2D eigenvalue weighted by molar-refractivity contribution is 9.10. The van der Waals surface area contributed by atoms with Crippen molar-refractivity contribution in [2.75, 3.05) is 13.1 Å². The topological polar surface area (TPSA) is 12.0 Å². The zero-order valence-corrected chi connectivity index (χ0v) is 12.2. The Balaban J connectivity index is 2.34. The summed E-state index contributed by atoms with van der Waals surface area (Å²) in [5.41, 5.74) is 0.815. The van der Waals surface area contributed by atoms with Gasteiger partial charge in [0.1, 0.15) is 5.82 Å². The molecule has 0 aliphatic heterocycles. The third-order valence-electron chi connectivity index (χ3n) is 2.84. The van der Waals surface area contributed by atoms with E-state index in [0.29, 0.717) is 5.92 Å². The van der Waals surface area contributed by atoms with Gasteiger partial charge in [-0.2, -0.15) is 0 Å². The van der Waals surface area contributed by atoms with Crippen molar-refractivity contribution in [3.05, 3.63) is 34.1 Å². The molecule has 1 N–H and O–H groups in total. The van der Waals surface area contributed by atoms with Gasteiger partial charge in [-0.3, -0.25) is 0 Å². The van der Waals surface area contributed by atoms with E-state index in [1.807, 2.05) is 12.1 Å². The summed E-state index contributed by atoms with van der Waals surface area (Å²) in [6, 6.07) is 5.30. The smallest absolute Gasteiger partial charge is 0.127 e. The predicted molar refractivity (Wildman–Crippen MR) is 74.7 cm³/mol. The van der Waals surface area contributed by atoms with Crippen LogP contribution in [0.25, 0.3) is 0 Å². The van der Waals surface area contributed by atoms with Crippen LogP contribution in [0.4, 0.5) is 4.39 Å². The second kappa shape index (κ2) is 7.83. The van der Waals surface area contributed by atoms with Gasteiger partial charge in [-0.15, -0.1) is 0 Å². The summed E-state index contributed by atoms with van der Waals surface area (Å²) in [6.45, 7) is 6.46. The van der Waals surface area contributed by atoms with Gasteiger partial charge < -0.3 is 5.32 Å². The molecule has 1 nitrogen and oxygen atoms in total. The van der Waals surface area contributed by atoms with Crippen LogP contribution < -0.4 is 5.32 Å². The lowest BCUT2D eigenvalue weighted by atomic mass is 10.0. The minimum absolute atomic E-state index is 0.104. The zero-order chi connectivity index (χ0) is 12.7. The number of benzene rings is 1. The molecule has 0 fully saturated rings. The van der Waals surface area contributed by atoms with E-state index < -0.39 is 0 Å². The first-order valence-electron chi connectivity index (χ1n) is 6.28. The standard InChI is InChI=1S/C14H21BrFN/c1-3-8-17-10-11(2)4-5-12-6-7-13(15)9-14(12)16/h6-7,9,11,17H,3-5,8,10H2,1-2H3. The Morgan fingerprint density at radius 1 is 1.41 bits per heavy atom. The fraction of sp³-hybridized carbons (Fsp3) is 0.571. The molecule has 0 bridgehead atoms. The number of rotatable bonds is 7. The van der Waals surface area contributed by atoms with Crippen molar-refractivity contribution in [2.24, 2.45) is 5.92 Å². The molecule has 0 aromatic heterocycles. The first kappa shape index (κ1) is 14.7. The van der Waals surface area contributed by atoms with Crippen LogP contribution >= 0.6 is 15.9 Å². The van der Waals surface area contributed by atoms with Crippen molar-refractivity contribution < 1.29 is 4.39 Å². The minimum Gasteiger partial charge on any atom is -0.316 e. The molecule has 0 radical (unpaired) electrons. The molecule has 0 saturated heterocycles. The summed E-state index contributed by atoms with van der Waals surface area (Å²) in [5, 5.41) is 3.39. The first-order valence-corrected chi connectivity index (χ1v) is 7.07. The molecule has 0 saturated carbocycles. The van der Waals surface area contributed by atoms with Gasteiger partial charge in [-0.05, 0) is 56.0 Å². The lowest BCUT2D eigenvalue weighted by molar-refractivity contribution is 0.476. The summed E-state index contributed by atoms with van der Waals surface area (Å²) in [6.07, 6.45) is 3.00. The van der Waals surface area contributed by atoms with Crippen molar-refractivity contribution >= 4 is 15.9 Å². The quantitative estimate of drug-likeness (QED) is 0.746. The maximum Gasteiger partial charge on any atom is 0.127 e. The maximum atomic E-state index is 13.6. The summed E-state index contributed by atoms with van der Waals surface area (Å²) in [5.74, 6) is 0.484. The fourth-order valence-corrected chi connectivity index (χ4v) is 2.09. The van der Waals surface area contributed by atoms with Crippen LogP contribution in [0, 0.1) is 11.7 Å². The third-order valence-corrected chi connectivity index (χ3v) is 3.33. The molecule has 1 rings (SSSR count). The molecule has 1 atom stereocenters. The molecule has 0 heterocycles. The second-order valence-electron chi connectivity index (χ2n) is 4.58. The van der Waals surface area contributed by atoms with Gasteiger partial charge >= 0.3 is 0 Å². The molecule has 0 aliphatic carbocycles. The molecule has 0 aliphatic rings. The van der Waals surface area contributed by atoms with E-state index in [-0.39, 0.29) is 5.82 Å². The summed E-state index contributed by atoms with van der Waals surface area (Å²) in [7, 11) is 0. The van der Waals surface area contributed by atoms with E-state index in [4.69, 9.17) is 0 Å². The van der Waals surface area contributed by atoms with E-state index in [1.165, 1.54) is 6.07 Å². The van der Waals surface area contributed by atoms with Gasteiger partial charge in [-0.1, -0.05) is 35.8 Å². The minimum atomic E-state index is -0.104. The predicted octanol–water partition coefficient (Wildman–Crippen LogP) is 4.16. The van der Waals surface area contributed by atoms with Gasteiger partial charge in [0, 0.05) is 4.47 Å². The Morgan fingerprint density at radius 3 is 2.82 bits per heavy atom. The average Bonchev–Trinajstić information content (AvgIpc) is 2.28. The van der Waals surface area contributed by atoms with Crippen LogP contribution in [0.1, 0.15) is 32.3 Å². The lowest BCUT2D eigenvalue weighted by Crippen LogP contribution is -2.22. The second-order valence-corrected chi connectivity index (χ2v) is 5.50. The van der Waals surface area contributed by atoms with Gasteiger partial charge in [0.25, 0.3) is 0 Å². The van der Waals surface area contributed by atoms with Crippen molar-refractivity contribution in [3.8, 4) is 0 Å². The van der Waals surface area contributed by atoms with Crippen molar-refractivity contribution in [1.82, 2.24) is 5.32 Å². The van der Waals surface area contributed by atoms with Crippen LogP contribution in [-0.4, -0.2) is 13.1 Å². The summed E-state index contributed by atoms with van der Waals surface area (Å²) >= 11 is 3.27. The monoisotopic (exact) mass is 301 g/mol. The number of aryl methyl sites for hydroxylation is 1. The number of hydrogen-bond donors (Lipinski definition) is 1. The van der Waals surface area contributed by atoms with Gasteiger partial charge in [0.15, 0.2) is 0 Å². The largest absolute Gasteiger partial charge is 0.316 e. The SMILES string of the molecule is CCCNCC(C)CCc1ccc(Br)cc1F. The van der Waals surface area contributed by atoms with Crippen molar-refractivity contribution in [3.63, 3.8) is 0 Å². The van der Waals surface area contributed by atoms with E-state index in [0.717, 1.165) is 42.4 Å². The van der Waals surface area contributed by atoms with E-state index in [9.17, 15) is 4.39 Å². The van der Waals surface area contributed by atoms with Gasteiger partial charge in [-0.25, -0.2) is 4.39 Å². The van der Waals surface area contributed by atoms with Crippen molar-refractivity contribution in [2.45, 2.75) is 33.1 Å². The number of nitrogens with one attached hydrogen (secondary N) is 1. The maximum absolute atomic E-state index is 13.6. The van der Waals surface area contributed by atoms with E-state index in [2.05, 4.69) is 35.1 Å². The molecule has 1 aromatic carbocycles. The normalized spacial score (nSPS) is 12.7. The Bertz CT molecular complexity index is 341. The van der Waals surface area contributed by atoms with Crippen LogP contribution in [0.15, 0.2) is 22.7 Å². The van der Waals surface area contributed by atoms with Crippen LogP contribution in [0.2, 0.25) is 0 Å². The molecule has 3 heteroatoms. The molecule has 0 spiro atoms. The van der Waals surface area contributed by atoms with E-state index >= 15 is 0 Å². The van der Waals surface area contributed by atoms with Crippen LogP contribution in [0.3, 0.4) is 0 Å². The van der Waals surface area contributed by atoms with Gasteiger partial charge in [0.05, 0.1) is 0 Å². The third kappa shape index (κ3) is 5.64. The Hall–Kier alpha value is -0.410. The van der Waals surface area contributed by atoms with Crippen LogP contribution in [0.5, 0.6) is 0 Å². The fourth-order valence-electron chi connectivity index (χ4n) is 1.75. The molecule has 96 valence electrons. The van der Waals surface area contributed by atoms with Crippen molar-refractivity contribution in [1.29, 1.82) is 0 Å². The molecule has 17 heavy (non-hydrogen) atoms. The van der Waals surface area contributed by atoms with Gasteiger partial charge in [0.2, 0.25) is 0 Å². The first-order chi connectivity index (χ1) is 8.13. The van der Waals surface area contributed by atoms with Crippen LogP contribution in [-0.2, 0) is 6.42 Å². The lowest BCUT2D eigenvalue weighted by Gasteiger charge is -2.12. The van der Waals surface area contributed by atoms with E-state index in [1.54, 1.807) is 0 Å². The molecule has 1 aromatic rings. The molecular formula is C14H21BrFN. The highest BCUT2D eigenvalue weighted by Crippen LogP contribution is 2.17. The highest BCUT2D eigenvalue weighted by Gasteiger charge is 2.06. The average molecular weight is 302 g/mol. The molecule has 1 unspecified atom stereocenters. The summed E-state index contributed by atoms with van der Waals surface area (Å²) in [4.78, 5) is 0. The molecule has 0 amide bonds. The highest BCUT2D eigenvalue weighted by atomic mass is 79.9. The Labute approximate surface area is 112 Å². The number of halogens is 2. The zero-order valence-electron chi connectivity index (χ0n) is 10.6.